The summed E-state index contributed by atoms with van der Waals surface area (Å²) in [6.07, 6.45) is 3.95. The van der Waals surface area contributed by atoms with Gasteiger partial charge in [0.05, 0.1) is 36.5 Å². The maximum absolute atomic E-state index is 12.3. The molecule has 1 heterocycles. The van der Waals surface area contributed by atoms with Gasteiger partial charge in [0.2, 0.25) is 5.89 Å². The average molecular weight is 413 g/mol. The minimum absolute atomic E-state index is 0.231. The maximum atomic E-state index is 12.3. The number of hydrogen-bond donors (Lipinski definition) is 1. The van der Waals surface area contributed by atoms with Crippen molar-refractivity contribution < 1.29 is 18.7 Å². The number of carbonyl (C=O) groups is 1. The van der Waals surface area contributed by atoms with E-state index in [1.165, 1.54) is 19.1 Å². The van der Waals surface area contributed by atoms with Crippen LogP contribution in [-0.2, 0) is 6.54 Å². The van der Waals surface area contributed by atoms with E-state index in [0.29, 0.717) is 46.2 Å². The Morgan fingerprint density at radius 3 is 2.83 bits per heavy atom. The minimum Gasteiger partial charge on any atom is -0.493 e. The van der Waals surface area contributed by atoms with Gasteiger partial charge in [0.1, 0.15) is 6.26 Å². The highest BCUT2D eigenvalue weighted by Gasteiger charge is 2.23. The van der Waals surface area contributed by atoms with E-state index >= 15 is 0 Å². The van der Waals surface area contributed by atoms with Crippen LogP contribution in [0.4, 0.5) is 0 Å². The molecule has 2 aromatic carbocycles. The Morgan fingerprint density at radius 2 is 2.07 bits per heavy atom. The third kappa shape index (κ3) is 4.71. The van der Waals surface area contributed by atoms with Gasteiger partial charge in [-0.1, -0.05) is 23.7 Å². The Kier molecular flexibility index (Phi) is 5.71. The van der Waals surface area contributed by atoms with Crippen molar-refractivity contribution >= 4 is 17.5 Å². The molecule has 1 aromatic heterocycles. The predicted molar refractivity (Wildman–Crippen MR) is 109 cm³/mol. The predicted octanol–water partition coefficient (Wildman–Crippen LogP) is 4.72. The molecular weight excluding hydrogens is 392 g/mol. The van der Waals surface area contributed by atoms with Gasteiger partial charge in [-0.25, -0.2) is 4.98 Å². The second-order valence-electron chi connectivity index (χ2n) is 6.93. The third-order valence-electron chi connectivity index (χ3n) is 4.68. The van der Waals surface area contributed by atoms with Crippen molar-refractivity contribution in [3.05, 3.63) is 65.0 Å². The van der Waals surface area contributed by atoms with Crippen LogP contribution in [0.5, 0.6) is 11.5 Å². The number of benzene rings is 2. The molecule has 1 amide bonds. The molecule has 0 spiro atoms. The van der Waals surface area contributed by atoms with Crippen LogP contribution >= 0.6 is 11.6 Å². The zero-order valence-corrected chi connectivity index (χ0v) is 16.7. The van der Waals surface area contributed by atoms with Gasteiger partial charge in [-0.05, 0) is 49.1 Å². The van der Waals surface area contributed by atoms with Crippen molar-refractivity contribution in [3.63, 3.8) is 0 Å². The van der Waals surface area contributed by atoms with E-state index in [0.717, 1.165) is 5.56 Å². The van der Waals surface area contributed by atoms with Crippen molar-refractivity contribution in [2.45, 2.75) is 19.4 Å². The second kappa shape index (κ2) is 8.57. The first-order valence-electron chi connectivity index (χ1n) is 9.42. The number of rotatable bonds is 8. The summed E-state index contributed by atoms with van der Waals surface area (Å²) in [7, 11) is 1.61. The lowest BCUT2D eigenvalue weighted by atomic mass is 10.2. The van der Waals surface area contributed by atoms with Crippen LogP contribution in [0.2, 0.25) is 5.02 Å². The number of carbonyl (C=O) groups excluding carboxylic acids is 1. The molecule has 1 N–H and O–H groups in total. The standard InChI is InChI=1S/C22H21ClN2O4/c1-27-19-9-8-15(10-20(19)28-12-14-6-7-14)22-25-16(13-29-22)11-24-21(26)17-4-2-3-5-18(17)23/h2-5,8-10,13-14H,6-7,11-12H2,1H3,(H,24,26). The van der Waals surface area contributed by atoms with Gasteiger partial charge in [0.25, 0.3) is 5.91 Å². The molecule has 1 saturated carbocycles. The minimum atomic E-state index is -0.264. The van der Waals surface area contributed by atoms with E-state index in [4.69, 9.17) is 25.5 Å². The quantitative estimate of drug-likeness (QED) is 0.579. The fraction of sp³-hybridized carbons (Fsp3) is 0.273. The molecule has 1 aliphatic carbocycles. The Morgan fingerprint density at radius 1 is 1.24 bits per heavy atom. The van der Waals surface area contributed by atoms with Gasteiger partial charge >= 0.3 is 0 Å². The monoisotopic (exact) mass is 412 g/mol. The molecule has 0 saturated heterocycles. The van der Waals surface area contributed by atoms with Gasteiger partial charge in [0.15, 0.2) is 11.5 Å². The van der Waals surface area contributed by atoms with Crippen LogP contribution in [0.15, 0.2) is 53.1 Å². The summed E-state index contributed by atoms with van der Waals surface area (Å²) in [5, 5.41) is 3.20. The van der Waals surface area contributed by atoms with Gasteiger partial charge in [-0.15, -0.1) is 0 Å². The van der Waals surface area contributed by atoms with Crippen LogP contribution in [0.1, 0.15) is 28.9 Å². The number of nitrogens with one attached hydrogen (secondary N) is 1. The largest absolute Gasteiger partial charge is 0.493 e. The number of methoxy groups -OCH3 is 1. The molecule has 6 nitrogen and oxygen atoms in total. The van der Waals surface area contributed by atoms with Crippen LogP contribution in [-0.4, -0.2) is 24.6 Å². The highest BCUT2D eigenvalue weighted by atomic mass is 35.5. The van der Waals surface area contributed by atoms with Gasteiger partial charge in [-0.3, -0.25) is 4.79 Å². The van der Waals surface area contributed by atoms with Crippen LogP contribution < -0.4 is 14.8 Å². The summed E-state index contributed by atoms with van der Waals surface area (Å²) < 4.78 is 16.9. The van der Waals surface area contributed by atoms with E-state index in [2.05, 4.69) is 10.3 Å². The van der Waals surface area contributed by atoms with E-state index in [-0.39, 0.29) is 12.5 Å². The Labute approximate surface area is 173 Å². The van der Waals surface area contributed by atoms with E-state index < -0.39 is 0 Å². The second-order valence-corrected chi connectivity index (χ2v) is 7.33. The zero-order chi connectivity index (χ0) is 20.2. The first kappa shape index (κ1) is 19.3. The first-order chi connectivity index (χ1) is 14.1. The lowest BCUT2D eigenvalue weighted by Gasteiger charge is -2.11. The molecule has 150 valence electrons. The highest BCUT2D eigenvalue weighted by Crippen LogP contribution is 2.35. The molecule has 0 bridgehead atoms. The summed E-state index contributed by atoms with van der Waals surface area (Å²) in [6.45, 7) is 0.916. The van der Waals surface area contributed by atoms with E-state index in [1.54, 1.807) is 31.4 Å². The number of oxazole rings is 1. The molecular formula is C22H21ClN2O4. The number of nitrogens with zero attached hydrogens (tertiary/aromatic N) is 1. The Balaban J connectivity index is 1.43. The average Bonchev–Trinajstić information content (AvgIpc) is 3.45. The Hall–Kier alpha value is -2.99. The first-order valence-corrected chi connectivity index (χ1v) is 9.80. The van der Waals surface area contributed by atoms with E-state index in [9.17, 15) is 4.79 Å². The molecule has 0 radical (unpaired) electrons. The summed E-state index contributed by atoms with van der Waals surface area (Å²) in [4.78, 5) is 16.7. The van der Waals surface area contributed by atoms with Crippen molar-refractivity contribution in [3.8, 4) is 23.0 Å². The normalized spacial score (nSPS) is 13.2. The van der Waals surface area contributed by atoms with Gasteiger partial charge in [0, 0.05) is 5.56 Å². The Bertz CT molecular complexity index is 1010. The highest BCUT2D eigenvalue weighted by molar-refractivity contribution is 6.33. The maximum Gasteiger partial charge on any atom is 0.253 e. The lowest BCUT2D eigenvalue weighted by molar-refractivity contribution is 0.0950. The molecule has 0 unspecified atom stereocenters. The van der Waals surface area contributed by atoms with E-state index in [1.807, 2.05) is 18.2 Å². The number of ether oxygens (including phenoxy) is 2. The molecule has 1 fully saturated rings. The molecule has 4 rings (SSSR count). The number of hydrogen-bond acceptors (Lipinski definition) is 5. The SMILES string of the molecule is COc1ccc(-c2nc(CNC(=O)c3ccccc3Cl)co2)cc1OCC1CC1. The fourth-order valence-corrected chi connectivity index (χ4v) is 3.07. The van der Waals surface area contributed by atoms with Crippen LogP contribution in [0.25, 0.3) is 11.5 Å². The molecule has 0 atom stereocenters. The van der Waals surface area contributed by atoms with Gasteiger partial charge in [-0.2, -0.15) is 0 Å². The van der Waals surface area contributed by atoms with Gasteiger partial charge < -0.3 is 19.2 Å². The third-order valence-corrected chi connectivity index (χ3v) is 5.01. The number of amides is 1. The summed E-state index contributed by atoms with van der Waals surface area (Å²) in [5.41, 5.74) is 1.81. The summed E-state index contributed by atoms with van der Waals surface area (Å²) in [6, 6.07) is 12.5. The fourth-order valence-electron chi connectivity index (χ4n) is 2.85. The number of halogens is 1. The van der Waals surface area contributed by atoms with Crippen molar-refractivity contribution in [1.82, 2.24) is 10.3 Å². The zero-order valence-electron chi connectivity index (χ0n) is 16.0. The molecule has 29 heavy (non-hydrogen) atoms. The van der Waals surface area contributed by atoms with Crippen LogP contribution in [0, 0.1) is 5.92 Å². The van der Waals surface area contributed by atoms with Crippen molar-refractivity contribution in [1.29, 1.82) is 0 Å². The van der Waals surface area contributed by atoms with Crippen LogP contribution in [0.3, 0.4) is 0 Å². The molecule has 0 aliphatic heterocycles. The smallest absolute Gasteiger partial charge is 0.253 e. The number of aromatic nitrogens is 1. The molecule has 1 aliphatic rings. The van der Waals surface area contributed by atoms with Crippen molar-refractivity contribution in [2.75, 3.05) is 13.7 Å². The molecule has 7 heteroatoms. The summed E-state index contributed by atoms with van der Waals surface area (Å²) in [5.74, 6) is 2.17. The lowest BCUT2D eigenvalue weighted by Crippen LogP contribution is -2.23. The van der Waals surface area contributed by atoms with Crippen molar-refractivity contribution in [2.24, 2.45) is 5.92 Å². The molecule has 3 aromatic rings. The summed E-state index contributed by atoms with van der Waals surface area (Å²) >= 11 is 6.06. The topological polar surface area (TPSA) is 73.6 Å².